The van der Waals surface area contributed by atoms with Crippen LogP contribution in [0, 0.1) is 20.2 Å². The topological polar surface area (TPSA) is 155 Å². The van der Waals surface area contributed by atoms with E-state index in [1.54, 1.807) is 16.7 Å². The molecule has 0 spiro atoms. The van der Waals surface area contributed by atoms with E-state index in [1.807, 2.05) is 0 Å². The zero-order valence-electron chi connectivity index (χ0n) is 15.9. The van der Waals surface area contributed by atoms with Crippen LogP contribution < -0.4 is 4.80 Å². The molecule has 31 heavy (non-hydrogen) atoms. The van der Waals surface area contributed by atoms with Crippen LogP contribution in [0.5, 0.6) is 0 Å². The zero-order valence-corrected chi connectivity index (χ0v) is 17.6. The second kappa shape index (κ2) is 8.20. The largest absolute Gasteiger partial charge is 0.312 e. The molecule has 0 fully saturated rings. The molecule has 2 aromatic carbocycles. The summed E-state index contributed by atoms with van der Waals surface area (Å²) in [5.74, 6) is -0.917. The first kappa shape index (κ1) is 22.0. The molecule has 0 aliphatic carbocycles. The maximum absolute atomic E-state index is 12.7. The fourth-order valence-corrected chi connectivity index (χ4v) is 4.55. The standard InChI is InChI=1S/C18H14N4O7S2/c1-3-6-20-15-5-4-14(31(2,28)29)10-16(15)30-18(20)19-17(23)11-7-12(21(24)25)9-13(8-11)22(26)27/h3-5,7-10H,1,6H2,2H3. The summed E-state index contributed by atoms with van der Waals surface area (Å²) in [6, 6.07) is 7.03. The van der Waals surface area contributed by atoms with Crippen molar-refractivity contribution >= 4 is 48.7 Å². The molecule has 3 rings (SSSR count). The van der Waals surface area contributed by atoms with E-state index in [-0.39, 0.29) is 21.8 Å². The van der Waals surface area contributed by atoms with Crippen LogP contribution in [-0.2, 0) is 16.4 Å². The Bertz CT molecular complexity index is 1400. The summed E-state index contributed by atoms with van der Waals surface area (Å²) in [6.07, 6.45) is 2.63. The number of fused-ring (bicyclic) bond motifs is 1. The van der Waals surface area contributed by atoms with Gasteiger partial charge < -0.3 is 4.57 Å². The molecule has 0 aliphatic rings. The first-order chi connectivity index (χ1) is 14.5. The summed E-state index contributed by atoms with van der Waals surface area (Å²) in [5.41, 5.74) is -0.934. The lowest BCUT2D eigenvalue weighted by molar-refractivity contribution is -0.394. The van der Waals surface area contributed by atoms with Crippen molar-refractivity contribution in [2.45, 2.75) is 11.4 Å². The van der Waals surface area contributed by atoms with Gasteiger partial charge in [-0.2, -0.15) is 4.99 Å². The van der Waals surface area contributed by atoms with Gasteiger partial charge in [-0.25, -0.2) is 8.42 Å². The van der Waals surface area contributed by atoms with Crippen LogP contribution >= 0.6 is 11.3 Å². The number of nitrogens with zero attached hydrogens (tertiary/aromatic N) is 4. The first-order valence-electron chi connectivity index (χ1n) is 8.48. The molecule has 0 saturated carbocycles. The second-order valence-electron chi connectivity index (χ2n) is 6.35. The minimum atomic E-state index is -3.45. The molecule has 1 amide bonds. The summed E-state index contributed by atoms with van der Waals surface area (Å²) in [5, 5.41) is 22.1. The highest BCUT2D eigenvalue weighted by Crippen LogP contribution is 2.24. The number of aromatic nitrogens is 1. The van der Waals surface area contributed by atoms with Crippen molar-refractivity contribution in [1.29, 1.82) is 0 Å². The number of sulfone groups is 1. The lowest BCUT2D eigenvalue weighted by Crippen LogP contribution is -2.16. The highest BCUT2D eigenvalue weighted by molar-refractivity contribution is 7.90. The van der Waals surface area contributed by atoms with Crippen LogP contribution in [0.4, 0.5) is 11.4 Å². The van der Waals surface area contributed by atoms with Gasteiger partial charge in [-0.1, -0.05) is 17.4 Å². The Labute approximate surface area is 178 Å². The van der Waals surface area contributed by atoms with Crippen molar-refractivity contribution in [1.82, 2.24) is 4.57 Å². The van der Waals surface area contributed by atoms with Crippen molar-refractivity contribution < 1.29 is 23.1 Å². The van der Waals surface area contributed by atoms with E-state index in [1.165, 1.54) is 12.1 Å². The Morgan fingerprint density at radius 1 is 1.16 bits per heavy atom. The van der Waals surface area contributed by atoms with Crippen molar-refractivity contribution in [3.63, 3.8) is 0 Å². The number of hydrogen-bond acceptors (Lipinski definition) is 8. The van der Waals surface area contributed by atoms with Gasteiger partial charge in [0, 0.05) is 24.9 Å². The molecule has 160 valence electrons. The summed E-state index contributed by atoms with van der Waals surface area (Å²) in [6.45, 7) is 3.90. The molecule has 0 aliphatic heterocycles. The predicted molar refractivity (Wildman–Crippen MR) is 113 cm³/mol. The van der Waals surface area contributed by atoms with Gasteiger partial charge in [0.2, 0.25) is 0 Å². The number of carbonyl (C=O) groups excluding carboxylic acids is 1. The zero-order chi connectivity index (χ0) is 22.9. The molecule has 0 atom stereocenters. The molecule has 1 aromatic heterocycles. The SMILES string of the molecule is C=CCn1c(=NC(=O)c2cc([N+](=O)[O-])cc([N+](=O)[O-])c2)sc2cc(S(C)(=O)=O)ccc21. The Hall–Kier alpha value is -3.71. The van der Waals surface area contributed by atoms with Gasteiger partial charge in [0.25, 0.3) is 17.3 Å². The molecule has 0 bridgehead atoms. The van der Waals surface area contributed by atoms with Crippen LogP contribution in [0.25, 0.3) is 10.2 Å². The van der Waals surface area contributed by atoms with Gasteiger partial charge in [-0.15, -0.1) is 6.58 Å². The summed E-state index contributed by atoms with van der Waals surface area (Å²) in [4.78, 5) is 37.4. The number of non-ortho nitro benzene ring substituents is 2. The molecule has 0 N–H and O–H groups in total. The Kier molecular flexibility index (Phi) is 5.81. The molecule has 11 nitrogen and oxygen atoms in total. The van der Waals surface area contributed by atoms with Gasteiger partial charge in [0.05, 0.1) is 36.6 Å². The maximum atomic E-state index is 12.7. The van der Waals surface area contributed by atoms with E-state index in [4.69, 9.17) is 0 Å². The summed E-state index contributed by atoms with van der Waals surface area (Å²) in [7, 11) is -3.45. The highest BCUT2D eigenvalue weighted by Gasteiger charge is 2.20. The summed E-state index contributed by atoms with van der Waals surface area (Å²) < 4.78 is 25.8. The number of thiazole rings is 1. The van der Waals surface area contributed by atoms with Crippen LogP contribution in [-0.4, -0.2) is 35.0 Å². The van der Waals surface area contributed by atoms with Crippen molar-refractivity contribution in [3.8, 4) is 0 Å². The normalized spacial score (nSPS) is 12.1. The monoisotopic (exact) mass is 462 g/mol. The molecule has 0 saturated heterocycles. The Morgan fingerprint density at radius 2 is 1.77 bits per heavy atom. The highest BCUT2D eigenvalue weighted by atomic mass is 32.2. The fraction of sp³-hybridized carbons (Fsp3) is 0.111. The third kappa shape index (κ3) is 4.57. The molecular formula is C18H14N4O7S2. The molecule has 1 heterocycles. The fourth-order valence-electron chi connectivity index (χ4n) is 2.76. The van der Waals surface area contributed by atoms with E-state index >= 15 is 0 Å². The van der Waals surface area contributed by atoms with Crippen molar-refractivity contribution in [3.05, 3.63) is 79.6 Å². The minimum absolute atomic E-state index is 0.0965. The first-order valence-corrected chi connectivity index (χ1v) is 11.2. The number of allylic oxidation sites excluding steroid dienone is 1. The van der Waals surface area contributed by atoms with Crippen LogP contribution in [0.1, 0.15) is 10.4 Å². The molecule has 0 radical (unpaired) electrons. The van der Waals surface area contributed by atoms with Gasteiger partial charge in [-0.3, -0.25) is 25.0 Å². The third-order valence-electron chi connectivity index (χ3n) is 4.16. The number of nitro benzene ring substituents is 2. The third-order valence-corrected chi connectivity index (χ3v) is 6.31. The van der Waals surface area contributed by atoms with Crippen molar-refractivity contribution in [2.24, 2.45) is 4.99 Å². The molecule has 3 aromatic rings. The van der Waals surface area contributed by atoms with Gasteiger partial charge in [0.1, 0.15) is 0 Å². The van der Waals surface area contributed by atoms with E-state index in [0.29, 0.717) is 10.2 Å². The lowest BCUT2D eigenvalue weighted by Gasteiger charge is -2.02. The van der Waals surface area contributed by atoms with Crippen LogP contribution in [0.3, 0.4) is 0 Å². The number of benzene rings is 2. The number of carbonyl (C=O) groups is 1. The Morgan fingerprint density at radius 3 is 2.29 bits per heavy atom. The lowest BCUT2D eigenvalue weighted by atomic mass is 10.1. The van der Waals surface area contributed by atoms with E-state index in [9.17, 15) is 33.4 Å². The number of nitro groups is 2. The smallest absolute Gasteiger partial charge is 0.280 e. The van der Waals surface area contributed by atoms with Crippen molar-refractivity contribution in [2.75, 3.05) is 6.26 Å². The quantitative estimate of drug-likeness (QED) is 0.310. The second-order valence-corrected chi connectivity index (χ2v) is 9.38. The van der Waals surface area contributed by atoms with Gasteiger partial charge in [-0.05, 0) is 18.2 Å². The number of amides is 1. The average Bonchev–Trinajstić information content (AvgIpc) is 3.03. The maximum Gasteiger partial charge on any atom is 0.280 e. The minimum Gasteiger partial charge on any atom is -0.312 e. The number of rotatable bonds is 6. The summed E-state index contributed by atoms with van der Waals surface area (Å²) >= 11 is 1.03. The van der Waals surface area contributed by atoms with Gasteiger partial charge in [0.15, 0.2) is 14.6 Å². The number of hydrogen-bond donors (Lipinski definition) is 0. The Balaban J connectivity index is 2.20. The van der Waals surface area contributed by atoms with E-state index < -0.39 is 37.0 Å². The van der Waals surface area contributed by atoms with Crippen LogP contribution in [0.2, 0.25) is 0 Å². The van der Waals surface area contributed by atoms with Gasteiger partial charge >= 0.3 is 0 Å². The molecule has 13 heteroatoms. The molecular weight excluding hydrogens is 448 g/mol. The van der Waals surface area contributed by atoms with E-state index in [2.05, 4.69) is 11.6 Å². The predicted octanol–water partition coefficient (Wildman–Crippen LogP) is 2.85. The van der Waals surface area contributed by atoms with Crippen LogP contribution in [0.15, 0.2) is 58.9 Å². The average molecular weight is 462 g/mol. The molecule has 0 unspecified atom stereocenters. The van der Waals surface area contributed by atoms with E-state index in [0.717, 1.165) is 35.8 Å².